The van der Waals surface area contributed by atoms with Crippen molar-refractivity contribution in [3.63, 3.8) is 0 Å². The lowest BCUT2D eigenvalue weighted by Crippen LogP contribution is -2.25. The number of hydrogen-bond acceptors (Lipinski definition) is 5. The van der Waals surface area contributed by atoms with Crippen molar-refractivity contribution >= 4 is 11.3 Å². The summed E-state index contributed by atoms with van der Waals surface area (Å²) < 4.78 is 5.61. The van der Waals surface area contributed by atoms with Crippen molar-refractivity contribution in [3.05, 3.63) is 29.0 Å². The van der Waals surface area contributed by atoms with Crippen molar-refractivity contribution in [2.75, 3.05) is 6.54 Å². The van der Waals surface area contributed by atoms with Crippen LogP contribution >= 0.6 is 11.3 Å². The third-order valence-corrected chi connectivity index (χ3v) is 5.61. The van der Waals surface area contributed by atoms with Gasteiger partial charge < -0.3 is 14.8 Å². The highest BCUT2D eigenvalue weighted by Crippen LogP contribution is 2.28. The third kappa shape index (κ3) is 4.66. The average molecular weight is 334 g/mol. The summed E-state index contributed by atoms with van der Waals surface area (Å²) in [6, 6.07) is 3.94. The van der Waals surface area contributed by atoms with Crippen molar-refractivity contribution < 1.29 is 9.52 Å². The van der Waals surface area contributed by atoms with Crippen LogP contribution in [0.3, 0.4) is 0 Å². The normalized spacial score (nSPS) is 21.7. The van der Waals surface area contributed by atoms with Crippen LogP contribution in [-0.4, -0.2) is 22.7 Å². The molecule has 2 aromatic heterocycles. The minimum Gasteiger partial charge on any atom is -0.459 e. The molecule has 1 saturated carbocycles. The molecule has 2 N–H and O–H groups in total. The van der Waals surface area contributed by atoms with Gasteiger partial charge in [0, 0.05) is 17.6 Å². The topological polar surface area (TPSA) is 58.3 Å². The Hall–Kier alpha value is -1.17. The van der Waals surface area contributed by atoms with Gasteiger partial charge in [0.1, 0.15) is 5.76 Å². The smallest absolute Gasteiger partial charge is 0.162 e. The summed E-state index contributed by atoms with van der Waals surface area (Å²) >= 11 is 1.68. The van der Waals surface area contributed by atoms with E-state index in [2.05, 4.69) is 10.3 Å². The van der Waals surface area contributed by atoms with Gasteiger partial charge in [-0.25, -0.2) is 4.98 Å². The Labute approximate surface area is 141 Å². The molecule has 2 atom stereocenters. The fraction of sp³-hybridized carbons (Fsp3) is 0.611. The van der Waals surface area contributed by atoms with E-state index < -0.39 is 0 Å². The molecule has 0 bridgehead atoms. The van der Waals surface area contributed by atoms with Gasteiger partial charge in [-0.2, -0.15) is 0 Å². The van der Waals surface area contributed by atoms with E-state index in [1.807, 2.05) is 25.3 Å². The Morgan fingerprint density at radius 3 is 3.00 bits per heavy atom. The van der Waals surface area contributed by atoms with Crippen molar-refractivity contribution in [2.45, 2.75) is 58.1 Å². The molecule has 2 unspecified atom stereocenters. The van der Waals surface area contributed by atoms with Gasteiger partial charge in [-0.15, -0.1) is 11.3 Å². The maximum absolute atomic E-state index is 9.98. The summed E-state index contributed by atoms with van der Waals surface area (Å²) in [4.78, 5) is 5.66. The second-order valence-corrected chi connectivity index (χ2v) is 7.59. The number of nitrogens with one attached hydrogen (secondary N) is 1. The molecular formula is C18H26N2O2S. The summed E-state index contributed by atoms with van der Waals surface area (Å²) in [6.07, 6.45) is 8.79. The van der Waals surface area contributed by atoms with Crippen molar-refractivity contribution in [2.24, 2.45) is 5.92 Å². The molecule has 0 radical (unpaired) electrons. The first-order valence-corrected chi connectivity index (χ1v) is 9.44. The molecule has 3 rings (SSSR count). The molecule has 0 aromatic carbocycles. The van der Waals surface area contributed by atoms with E-state index in [4.69, 9.17) is 4.42 Å². The van der Waals surface area contributed by atoms with Crippen LogP contribution in [0.5, 0.6) is 0 Å². The number of aromatic nitrogens is 1. The number of hydrogen-bond donors (Lipinski definition) is 2. The summed E-state index contributed by atoms with van der Waals surface area (Å²) in [6.45, 7) is 3.80. The molecule has 1 aliphatic carbocycles. The summed E-state index contributed by atoms with van der Waals surface area (Å²) in [5.41, 5.74) is 0. The maximum Gasteiger partial charge on any atom is 0.162 e. The predicted octanol–water partition coefficient (Wildman–Crippen LogP) is 4.13. The number of aryl methyl sites for hydroxylation is 1. The highest BCUT2D eigenvalue weighted by Gasteiger charge is 2.22. The highest BCUT2D eigenvalue weighted by atomic mass is 32.1. The van der Waals surface area contributed by atoms with Gasteiger partial charge in [-0.05, 0) is 57.2 Å². The highest BCUT2D eigenvalue weighted by molar-refractivity contribution is 7.14. The predicted molar refractivity (Wildman–Crippen MR) is 93.5 cm³/mol. The fourth-order valence-electron chi connectivity index (χ4n) is 3.28. The average Bonchev–Trinajstić information content (AvgIpc) is 3.17. The van der Waals surface area contributed by atoms with Crippen LogP contribution in [0.4, 0.5) is 0 Å². The molecule has 1 aliphatic rings. The minimum atomic E-state index is -0.0652. The standard InChI is InChI=1S/C18H26N2O2S/c1-13-8-9-17(22-13)18-20-12-15(23-18)11-19-10-4-6-14-5-2-3-7-16(14)21/h8-9,12,14,16,19,21H,2-7,10-11H2,1H3. The van der Waals surface area contributed by atoms with E-state index in [0.29, 0.717) is 5.92 Å². The van der Waals surface area contributed by atoms with E-state index in [0.717, 1.165) is 48.9 Å². The maximum atomic E-state index is 9.98. The number of aliphatic hydroxyl groups excluding tert-OH is 1. The number of furan rings is 1. The van der Waals surface area contributed by atoms with Crippen molar-refractivity contribution in [1.82, 2.24) is 10.3 Å². The van der Waals surface area contributed by atoms with E-state index in [9.17, 15) is 5.11 Å². The van der Waals surface area contributed by atoms with Crippen LogP contribution in [0.1, 0.15) is 49.2 Å². The van der Waals surface area contributed by atoms with Crippen LogP contribution in [0.2, 0.25) is 0 Å². The first-order valence-electron chi connectivity index (χ1n) is 8.62. The van der Waals surface area contributed by atoms with Crippen LogP contribution in [0.25, 0.3) is 10.8 Å². The number of aliphatic hydroxyl groups is 1. The largest absolute Gasteiger partial charge is 0.459 e. The molecule has 0 saturated heterocycles. The molecule has 2 aromatic rings. The van der Waals surface area contributed by atoms with E-state index >= 15 is 0 Å². The van der Waals surface area contributed by atoms with Gasteiger partial charge in [0.25, 0.3) is 0 Å². The lowest BCUT2D eigenvalue weighted by molar-refractivity contribution is 0.0643. The number of thiazole rings is 1. The SMILES string of the molecule is Cc1ccc(-c2ncc(CNCCCC3CCCCC3O)s2)o1. The second-order valence-electron chi connectivity index (χ2n) is 6.47. The van der Waals surface area contributed by atoms with E-state index in [1.165, 1.54) is 24.1 Å². The Bertz CT molecular complexity index is 608. The first kappa shape index (κ1) is 16.7. The zero-order valence-electron chi connectivity index (χ0n) is 13.8. The Balaban J connectivity index is 1.37. The lowest BCUT2D eigenvalue weighted by Gasteiger charge is -2.27. The van der Waals surface area contributed by atoms with Crippen molar-refractivity contribution in [3.8, 4) is 10.8 Å². The van der Waals surface area contributed by atoms with Crippen LogP contribution in [0.15, 0.2) is 22.7 Å². The molecule has 4 nitrogen and oxygen atoms in total. The summed E-state index contributed by atoms with van der Waals surface area (Å²) in [5.74, 6) is 2.28. The quantitative estimate of drug-likeness (QED) is 0.747. The zero-order chi connectivity index (χ0) is 16.1. The van der Waals surface area contributed by atoms with Gasteiger partial charge in [0.05, 0.1) is 6.10 Å². The summed E-state index contributed by atoms with van der Waals surface area (Å²) in [7, 11) is 0. The second kappa shape index (κ2) is 8.08. The van der Waals surface area contributed by atoms with Crippen LogP contribution in [-0.2, 0) is 6.54 Å². The van der Waals surface area contributed by atoms with Crippen LogP contribution in [0, 0.1) is 12.8 Å². The van der Waals surface area contributed by atoms with Crippen molar-refractivity contribution in [1.29, 1.82) is 0 Å². The molecule has 5 heteroatoms. The molecule has 1 fully saturated rings. The van der Waals surface area contributed by atoms with Gasteiger partial charge in [-0.3, -0.25) is 0 Å². The molecule has 0 amide bonds. The molecule has 23 heavy (non-hydrogen) atoms. The molecular weight excluding hydrogens is 308 g/mol. The Kier molecular flexibility index (Phi) is 5.86. The minimum absolute atomic E-state index is 0.0652. The molecule has 0 aliphatic heterocycles. The van der Waals surface area contributed by atoms with Crippen LogP contribution < -0.4 is 5.32 Å². The zero-order valence-corrected chi connectivity index (χ0v) is 14.6. The monoisotopic (exact) mass is 334 g/mol. The molecule has 2 heterocycles. The Morgan fingerprint density at radius 1 is 1.35 bits per heavy atom. The van der Waals surface area contributed by atoms with E-state index in [-0.39, 0.29) is 6.10 Å². The van der Waals surface area contributed by atoms with Gasteiger partial charge in [0.15, 0.2) is 10.8 Å². The molecule has 0 spiro atoms. The third-order valence-electron chi connectivity index (χ3n) is 4.60. The van der Waals surface area contributed by atoms with Gasteiger partial charge in [0.2, 0.25) is 0 Å². The molecule has 126 valence electrons. The van der Waals surface area contributed by atoms with Gasteiger partial charge in [-0.1, -0.05) is 12.8 Å². The number of nitrogens with zero attached hydrogens (tertiary/aromatic N) is 1. The Morgan fingerprint density at radius 2 is 2.22 bits per heavy atom. The van der Waals surface area contributed by atoms with E-state index in [1.54, 1.807) is 11.3 Å². The van der Waals surface area contributed by atoms with Gasteiger partial charge >= 0.3 is 0 Å². The first-order chi connectivity index (χ1) is 11.2. The summed E-state index contributed by atoms with van der Waals surface area (Å²) in [5, 5.41) is 14.4. The number of rotatable bonds is 7. The lowest BCUT2D eigenvalue weighted by atomic mass is 9.83. The fourth-order valence-corrected chi connectivity index (χ4v) is 4.12.